The summed E-state index contributed by atoms with van der Waals surface area (Å²) in [5.41, 5.74) is 1.56. The van der Waals surface area contributed by atoms with Gasteiger partial charge in [0.1, 0.15) is 0 Å². The smallest absolute Gasteiger partial charge is 0.151 e. The van der Waals surface area contributed by atoms with E-state index in [1.165, 1.54) is 4.88 Å². The van der Waals surface area contributed by atoms with Crippen LogP contribution in [0.5, 0.6) is 0 Å². The fourth-order valence-electron chi connectivity index (χ4n) is 1.94. The summed E-state index contributed by atoms with van der Waals surface area (Å²) < 4.78 is 0. The Labute approximate surface area is 122 Å². The Balaban J connectivity index is 2.12. The Hall–Kier alpha value is -1.32. The van der Waals surface area contributed by atoms with E-state index >= 15 is 0 Å². The lowest BCUT2D eigenvalue weighted by atomic mass is 10.1. The van der Waals surface area contributed by atoms with E-state index in [0.29, 0.717) is 16.6 Å². The maximum atomic E-state index is 10.8. The summed E-state index contributed by atoms with van der Waals surface area (Å²) in [4.78, 5) is 14.3. The van der Waals surface area contributed by atoms with Crippen LogP contribution in [0.2, 0.25) is 5.02 Å². The molecule has 0 aliphatic rings. The van der Waals surface area contributed by atoms with Crippen molar-refractivity contribution in [3.05, 3.63) is 51.2 Å². The first-order chi connectivity index (χ1) is 9.11. The van der Waals surface area contributed by atoms with Crippen molar-refractivity contribution in [3.8, 4) is 0 Å². The molecule has 2 nitrogen and oxygen atoms in total. The summed E-state index contributed by atoms with van der Waals surface area (Å²) in [5.74, 6) is 0. The largest absolute Gasteiger partial charge is 0.371 e. The van der Waals surface area contributed by atoms with E-state index in [1.807, 2.05) is 19.2 Å². The van der Waals surface area contributed by atoms with Crippen molar-refractivity contribution < 1.29 is 4.79 Å². The van der Waals surface area contributed by atoms with Gasteiger partial charge in [0.25, 0.3) is 0 Å². The standard InChI is InChI=1S/C15H16ClNOS/c1-11(8-14-4-3-7-19-14)17(2)13-6-5-12(10-18)15(16)9-13/h3-7,9-11H,8H2,1-2H3. The van der Waals surface area contributed by atoms with Gasteiger partial charge in [-0.15, -0.1) is 11.3 Å². The van der Waals surface area contributed by atoms with E-state index in [9.17, 15) is 4.79 Å². The van der Waals surface area contributed by atoms with E-state index in [2.05, 4.69) is 29.3 Å². The van der Waals surface area contributed by atoms with Gasteiger partial charge in [0, 0.05) is 35.6 Å². The van der Waals surface area contributed by atoms with Crippen LogP contribution >= 0.6 is 22.9 Å². The zero-order valence-corrected chi connectivity index (χ0v) is 12.5. The Morgan fingerprint density at radius 2 is 2.21 bits per heavy atom. The Morgan fingerprint density at radius 1 is 1.42 bits per heavy atom. The van der Waals surface area contributed by atoms with Crippen LogP contribution in [0.15, 0.2) is 35.7 Å². The first kappa shape index (κ1) is 14.1. The zero-order chi connectivity index (χ0) is 13.8. The Morgan fingerprint density at radius 3 is 2.79 bits per heavy atom. The third-order valence-corrected chi connectivity index (χ3v) is 4.48. The summed E-state index contributed by atoms with van der Waals surface area (Å²) in [5, 5.41) is 2.60. The van der Waals surface area contributed by atoms with Crippen molar-refractivity contribution in [1.82, 2.24) is 0 Å². The van der Waals surface area contributed by atoms with E-state index in [-0.39, 0.29) is 0 Å². The maximum absolute atomic E-state index is 10.8. The third-order valence-electron chi connectivity index (χ3n) is 3.26. The molecule has 1 unspecified atom stereocenters. The monoisotopic (exact) mass is 293 g/mol. The normalized spacial score (nSPS) is 12.2. The highest BCUT2D eigenvalue weighted by molar-refractivity contribution is 7.09. The number of likely N-dealkylation sites (N-methyl/N-ethyl adjacent to an activating group) is 1. The molecular weight excluding hydrogens is 278 g/mol. The van der Waals surface area contributed by atoms with Gasteiger partial charge in [-0.25, -0.2) is 0 Å². The van der Waals surface area contributed by atoms with Gasteiger partial charge in [-0.05, 0) is 36.6 Å². The molecule has 0 fully saturated rings. The molecular formula is C15H16ClNOS. The average Bonchev–Trinajstić information content (AvgIpc) is 2.90. The SMILES string of the molecule is CC(Cc1cccs1)N(C)c1ccc(C=O)c(Cl)c1. The molecule has 0 spiro atoms. The molecule has 100 valence electrons. The molecule has 19 heavy (non-hydrogen) atoms. The molecule has 0 radical (unpaired) electrons. The molecule has 0 saturated carbocycles. The quantitative estimate of drug-likeness (QED) is 0.767. The number of carbonyl (C=O) groups is 1. The number of benzene rings is 1. The van der Waals surface area contributed by atoms with Gasteiger partial charge in [0.2, 0.25) is 0 Å². The van der Waals surface area contributed by atoms with Crippen LogP contribution < -0.4 is 4.90 Å². The number of thiophene rings is 1. The number of hydrogen-bond acceptors (Lipinski definition) is 3. The summed E-state index contributed by atoms with van der Waals surface area (Å²) in [6.45, 7) is 2.18. The van der Waals surface area contributed by atoms with E-state index < -0.39 is 0 Å². The lowest BCUT2D eigenvalue weighted by Crippen LogP contribution is -2.30. The Kier molecular flexibility index (Phi) is 4.61. The van der Waals surface area contributed by atoms with Crippen LogP contribution in [0.4, 0.5) is 5.69 Å². The number of carbonyl (C=O) groups excluding carboxylic acids is 1. The van der Waals surface area contributed by atoms with Gasteiger partial charge >= 0.3 is 0 Å². The molecule has 1 atom stereocenters. The molecule has 0 amide bonds. The summed E-state index contributed by atoms with van der Waals surface area (Å²) in [7, 11) is 2.05. The minimum absolute atomic E-state index is 0.372. The number of rotatable bonds is 5. The molecule has 1 aromatic carbocycles. The summed E-state index contributed by atoms with van der Waals surface area (Å²) in [6.07, 6.45) is 1.78. The third kappa shape index (κ3) is 3.37. The Bertz CT molecular complexity index is 553. The zero-order valence-electron chi connectivity index (χ0n) is 11.0. The van der Waals surface area contributed by atoms with Gasteiger partial charge < -0.3 is 4.90 Å². The van der Waals surface area contributed by atoms with Crippen LogP contribution in [0.25, 0.3) is 0 Å². The van der Waals surface area contributed by atoms with Gasteiger partial charge in [0.05, 0.1) is 5.02 Å². The fourth-order valence-corrected chi connectivity index (χ4v) is 2.99. The van der Waals surface area contributed by atoms with Crippen LogP contribution in [0.3, 0.4) is 0 Å². The number of halogens is 1. The topological polar surface area (TPSA) is 20.3 Å². The molecule has 2 rings (SSSR count). The van der Waals surface area contributed by atoms with Crippen molar-refractivity contribution >= 4 is 34.9 Å². The minimum atomic E-state index is 0.372. The van der Waals surface area contributed by atoms with Crippen LogP contribution in [-0.4, -0.2) is 19.4 Å². The second-order valence-corrected chi connectivity index (χ2v) is 6.01. The summed E-state index contributed by atoms with van der Waals surface area (Å²) >= 11 is 7.84. The second kappa shape index (κ2) is 6.22. The van der Waals surface area contributed by atoms with Gasteiger partial charge in [-0.3, -0.25) is 4.79 Å². The first-order valence-electron chi connectivity index (χ1n) is 6.11. The number of anilines is 1. The minimum Gasteiger partial charge on any atom is -0.371 e. The predicted molar refractivity (Wildman–Crippen MR) is 82.7 cm³/mol. The van der Waals surface area contributed by atoms with Gasteiger partial charge in [0.15, 0.2) is 6.29 Å². The average molecular weight is 294 g/mol. The van der Waals surface area contributed by atoms with E-state index in [0.717, 1.165) is 18.4 Å². The highest BCUT2D eigenvalue weighted by Gasteiger charge is 2.12. The van der Waals surface area contributed by atoms with Crippen LogP contribution in [-0.2, 0) is 6.42 Å². The van der Waals surface area contributed by atoms with Crippen LogP contribution in [0, 0.1) is 0 Å². The highest BCUT2D eigenvalue weighted by atomic mass is 35.5. The number of hydrogen-bond donors (Lipinski definition) is 0. The van der Waals surface area contributed by atoms with Crippen molar-refractivity contribution in [2.45, 2.75) is 19.4 Å². The van der Waals surface area contributed by atoms with Crippen LogP contribution in [0.1, 0.15) is 22.2 Å². The highest BCUT2D eigenvalue weighted by Crippen LogP contribution is 2.24. The van der Waals surface area contributed by atoms with Crippen molar-refractivity contribution in [3.63, 3.8) is 0 Å². The van der Waals surface area contributed by atoms with E-state index in [4.69, 9.17) is 11.6 Å². The van der Waals surface area contributed by atoms with Gasteiger partial charge in [-0.2, -0.15) is 0 Å². The van der Waals surface area contributed by atoms with Crippen molar-refractivity contribution in [2.24, 2.45) is 0 Å². The molecule has 1 heterocycles. The first-order valence-corrected chi connectivity index (χ1v) is 7.37. The second-order valence-electron chi connectivity index (χ2n) is 4.57. The number of aldehydes is 1. The maximum Gasteiger partial charge on any atom is 0.151 e. The lowest BCUT2D eigenvalue weighted by molar-refractivity contribution is 0.112. The molecule has 2 aromatic rings. The fraction of sp³-hybridized carbons (Fsp3) is 0.267. The van der Waals surface area contributed by atoms with Crippen molar-refractivity contribution in [2.75, 3.05) is 11.9 Å². The lowest BCUT2D eigenvalue weighted by Gasteiger charge is -2.27. The molecule has 0 saturated heterocycles. The van der Waals surface area contributed by atoms with E-state index in [1.54, 1.807) is 17.4 Å². The predicted octanol–water partition coefficient (Wildman–Crippen LogP) is 4.28. The summed E-state index contributed by atoms with van der Waals surface area (Å²) in [6, 6.07) is 10.1. The molecule has 1 aromatic heterocycles. The molecule has 4 heteroatoms. The molecule has 0 bridgehead atoms. The van der Waals surface area contributed by atoms with Crippen molar-refractivity contribution in [1.29, 1.82) is 0 Å². The van der Waals surface area contributed by atoms with Gasteiger partial charge in [-0.1, -0.05) is 17.7 Å². The molecule has 0 aliphatic heterocycles. The number of nitrogens with zero attached hydrogens (tertiary/aromatic N) is 1. The molecule has 0 N–H and O–H groups in total. The molecule has 0 aliphatic carbocycles.